The molecule has 2 aliphatic rings. The zero-order valence-corrected chi connectivity index (χ0v) is 18.5. The van der Waals surface area contributed by atoms with Crippen molar-refractivity contribution < 1.29 is 9.47 Å². The number of ether oxygens (including phenoxy) is 2. The van der Waals surface area contributed by atoms with E-state index >= 15 is 0 Å². The standard InChI is InChI=1S/C14H24N2O2S6/c19-13(15-1-5-17-6-2-15)21-9-11-23-24-12-10-22-14(20)16-3-7-18-8-4-16/h1-12H2. The Balaban J connectivity index is 1.40. The fraction of sp³-hybridized carbons (Fsp3) is 0.857. The van der Waals surface area contributed by atoms with Crippen molar-refractivity contribution in [2.75, 3.05) is 75.6 Å². The van der Waals surface area contributed by atoms with E-state index in [2.05, 4.69) is 9.80 Å². The van der Waals surface area contributed by atoms with Crippen molar-refractivity contribution >= 4 is 78.2 Å². The highest BCUT2D eigenvalue weighted by molar-refractivity contribution is 8.76. The first-order chi connectivity index (χ1) is 11.8. The molecule has 0 spiro atoms. The molecule has 0 bridgehead atoms. The molecule has 0 unspecified atom stereocenters. The second kappa shape index (κ2) is 13.3. The Labute approximate surface area is 172 Å². The summed E-state index contributed by atoms with van der Waals surface area (Å²) in [6.07, 6.45) is 0. The lowest BCUT2D eigenvalue weighted by molar-refractivity contribution is 0.0702. The highest BCUT2D eigenvalue weighted by atomic mass is 33.1. The summed E-state index contributed by atoms with van der Waals surface area (Å²) in [6.45, 7) is 6.96. The first-order valence-electron chi connectivity index (χ1n) is 8.00. The summed E-state index contributed by atoms with van der Waals surface area (Å²) in [6, 6.07) is 0. The predicted octanol–water partition coefficient (Wildman–Crippen LogP) is 3.07. The average Bonchev–Trinajstić information content (AvgIpc) is 2.65. The number of rotatable bonds is 7. The summed E-state index contributed by atoms with van der Waals surface area (Å²) in [5.74, 6) is 4.40. The summed E-state index contributed by atoms with van der Waals surface area (Å²) in [5.41, 5.74) is 0. The summed E-state index contributed by atoms with van der Waals surface area (Å²) in [5, 5.41) is 0. The molecule has 138 valence electrons. The smallest absolute Gasteiger partial charge is 0.136 e. The van der Waals surface area contributed by atoms with Crippen molar-refractivity contribution in [2.45, 2.75) is 0 Å². The highest BCUT2D eigenvalue weighted by Crippen LogP contribution is 2.25. The van der Waals surface area contributed by atoms with E-state index in [1.54, 1.807) is 23.5 Å². The summed E-state index contributed by atoms with van der Waals surface area (Å²) in [7, 11) is 3.86. The van der Waals surface area contributed by atoms with Gasteiger partial charge in [0.1, 0.15) is 8.64 Å². The number of thioether (sulfide) groups is 2. The van der Waals surface area contributed by atoms with Crippen LogP contribution < -0.4 is 0 Å². The van der Waals surface area contributed by atoms with Crippen LogP contribution in [0.1, 0.15) is 0 Å². The van der Waals surface area contributed by atoms with Crippen LogP contribution in [0.4, 0.5) is 0 Å². The van der Waals surface area contributed by atoms with E-state index in [4.69, 9.17) is 33.9 Å². The van der Waals surface area contributed by atoms with Crippen molar-refractivity contribution in [2.24, 2.45) is 0 Å². The zero-order valence-electron chi connectivity index (χ0n) is 13.6. The van der Waals surface area contributed by atoms with E-state index in [0.29, 0.717) is 0 Å². The second-order valence-electron chi connectivity index (χ2n) is 5.07. The fourth-order valence-electron chi connectivity index (χ4n) is 2.12. The average molecular weight is 445 g/mol. The molecule has 0 amide bonds. The van der Waals surface area contributed by atoms with Gasteiger partial charge in [0.25, 0.3) is 0 Å². The molecule has 2 rings (SSSR count). The molecular weight excluding hydrogens is 421 g/mol. The van der Waals surface area contributed by atoms with E-state index in [-0.39, 0.29) is 0 Å². The molecule has 0 radical (unpaired) electrons. The first kappa shape index (κ1) is 21.4. The van der Waals surface area contributed by atoms with Crippen LogP contribution in [0.5, 0.6) is 0 Å². The molecule has 0 aliphatic carbocycles. The second-order valence-corrected chi connectivity index (χ2v) is 11.2. The van der Waals surface area contributed by atoms with Crippen molar-refractivity contribution in [3.8, 4) is 0 Å². The van der Waals surface area contributed by atoms with Crippen molar-refractivity contribution in [3.63, 3.8) is 0 Å². The molecule has 4 nitrogen and oxygen atoms in total. The molecule has 24 heavy (non-hydrogen) atoms. The minimum Gasteiger partial charge on any atom is -0.378 e. The van der Waals surface area contributed by atoms with Crippen LogP contribution in [-0.4, -0.2) is 94.1 Å². The minimum absolute atomic E-state index is 0.801. The van der Waals surface area contributed by atoms with Gasteiger partial charge in [-0.15, -0.1) is 0 Å². The van der Waals surface area contributed by atoms with Crippen molar-refractivity contribution in [1.29, 1.82) is 0 Å². The van der Waals surface area contributed by atoms with E-state index < -0.39 is 0 Å². The maximum Gasteiger partial charge on any atom is 0.136 e. The Morgan fingerprint density at radius 1 is 0.667 bits per heavy atom. The first-order valence-corrected chi connectivity index (χ1v) is 13.3. The van der Waals surface area contributed by atoms with Crippen LogP contribution in [0.25, 0.3) is 0 Å². The van der Waals surface area contributed by atoms with Gasteiger partial charge in [0, 0.05) is 49.2 Å². The number of morpholine rings is 2. The molecule has 2 aliphatic heterocycles. The van der Waals surface area contributed by atoms with Crippen LogP contribution in [0.3, 0.4) is 0 Å². The summed E-state index contributed by atoms with van der Waals surface area (Å²) >= 11 is 14.5. The molecule has 0 N–H and O–H groups in total. The fourth-order valence-corrected chi connectivity index (χ4v) is 7.44. The van der Waals surface area contributed by atoms with Crippen LogP contribution >= 0.6 is 69.5 Å². The lowest BCUT2D eigenvalue weighted by Crippen LogP contribution is -2.38. The maximum atomic E-state index is 5.47. The molecule has 2 saturated heterocycles. The predicted molar refractivity (Wildman–Crippen MR) is 120 cm³/mol. The lowest BCUT2D eigenvalue weighted by Gasteiger charge is -2.28. The Morgan fingerprint density at radius 3 is 1.42 bits per heavy atom. The number of hydrogen-bond acceptors (Lipinski definition) is 8. The van der Waals surface area contributed by atoms with Gasteiger partial charge in [0.2, 0.25) is 0 Å². The molecule has 0 aromatic rings. The topological polar surface area (TPSA) is 24.9 Å². The van der Waals surface area contributed by atoms with Crippen LogP contribution in [0.15, 0.2) is 0 Å². The van der Waals surface area contributed by atoms with Crippen LogP contribution in [0, 0.1) is 0 Å². The zero-order chi connectivity index (χ0) is 17.0. The molecule has 2 heterocycles. The van der Waals surface area contributed by atoms with Gasteiger partial charge < -0.3 is 19.3 Å². The van der Waals surface area contributed by atoms with E-state index in [1.165, 1.54) is 0 Å². The Morgan fingerprint density at radius 2 is 1.04 bits per heavy atom. The van der Waals surface area contributed by atoms with Gasteiger partial charge in [-0.25, -0.2) is 0 Å². The van der Waals surface area contributed by atoms with Gasteiger partial charge in [0.15, 0.2) is 0 Å². The maximum absolute atomic E-state index is 5.47. The summed E-state index contributed by atoms with van der Waals surface area (Å²) < 4.78 is 12.7. The monoisotopic (exact) mass is 444 g/mol. The van der Waals surface area contributed by atoms with Crippen LogP contribution in [0.2, 0.25) is 0 Å². The Bertz CT molecular complexity index is 353. The van der Waals surface area contributed by atoms with Gasteiger partial charge in [-0.05, 0) is 0 Å². The van der Waals surface area contributed by atoms with E-state index in [0.717, 1.165) is 84.3 Å². The summed E-state index contributed by atoms with van der Waals surface area (Å²) in [4.78, 5) is 4.51. The van der Waals surface area contributed by atoms with Gasteiger partial charge in [-0.2, -0.15) is 0 Å². The normalized spacial score (nSPS) is 18.7. The molecule has 0 atom stereocenters. The van der Waals surface area contributed by atoms with Gasteiger partial charge >= 0.3 is 0 Å². The number of thiocarbonyl (C=S) groups is 2. The van der Waals surface area contributed by atoms with Gasteiger partial charge in [-0.3, -0.25) is 0 Å². The van der Waals surface area contributed by atoms with Crippen LogP contribution in [-0.2, 0) is 9.47 Å². The van der Waals surface area contributed by atoms with Gasteiger partial charge in [-0.1, -0.05) is 69.5 Å². The Kier molecular flexibility index (Phi) is 11.9. The molecule has 0 aromatic carbocycles. The van der Waals surface area contributed by atoms with Crippen molar-refractivity contribution in [1.82, 2.24) is 9.80 Å². The third-order valence-electron chi connectivity index (χ3n) is 3.41. The highest BCUT2D eigenvalue weighted by Gasteiger charge is 2.14. The third kappa shape index (κ3) is 8.66. The van der Waals surface area contributed by atoms with E-state index in [9.17, 15) is 0 Å². The quantitative estimate of drug-likeness (QED) is 0.331. The molecule has 0 aromatic heterocycles. The van der Waals surface area contributed by atoms with Gasteiger partial charge in [0.05, 0.1) is 26.4 Å². The molecular formula is C14H24N2O2S6. The Hall–Kier alpha value is 1.10. The number of nitrogens with zero attached hydrogens (tertiary/aromatic N) is 2. The largest absolute Gasteiger partial charge is 0.378 e. The SMILES string of the molecule is S=C(SCCSSCCSC(=S)N1CCOCC1)N1CCOCC1. The minimum atomic E-state index is 0.801. The molecule has 10 heteroatoms. The third-order valence-corrected chi connectivity index (χ3v) is 9.38. The molecule has 0 saturated carbocycles. The molecule has 2 fully saturated rings. The number of hydrogen-bond donors (Lipinski definition) is 0. The van der Waals surface area contributed by atoms with Crippen molar-refractivity contribution in [3.05, 3.63) is 0 Å². The van der Waals surface area contributed by atoms with E-state index in [1.807, 2.05) is 21.6 Å². The lowest BCUT2D eigenvalue weighted by atomic mass is 10.5.